The van der Waals surface area contributed by atoms with Crippen LogP contribution in [0.4, 0.5) is 5.69 Å². The fourth-order valence-electron chi connectivity index (χ4n) is 3.13. The van der Waals surface area contributed by atoms with Crippen molar-refractivity contribution in [2.45, 2.75) is 13.8 Å². The second kappa shape index (κ2) is 8.25. The van der Waals surface area contributed by atoms with Crippen molar-refractivity contribution in [1.82, 2.24) is 0 Å². The average molecular weight is 383 g/mol. The number of methoxy groups -OCH3 is 2. The molecule has 28 heavy (non-hydrogen) atoms. The van der Waals surface area contributed by atoms with Crippen LogP contribution < -0.4 is 24.7 Å². The maximum atomic E-state index is 13.2. The van der Waals surface area contributed by atoms with Crippen molar-refractivity contribution in [3.63, 3.8) is 0 Å². The van der Waals surface area contributed by atoms with Crippen molar-refractivity contribution >= 4 is 17.5 Å². The van der Waals surface area contributed by atoms with Gasteiger partial charge in [0, 0.05) is 16.7 Å². The summed E-state index contributed by atoms with van der Waals surface area (Å²) in [6, 6.07) is 8.75. The van der Waals surface area contributed by atoms with Gasteiger partial charge in [-0.05, 0) is 42.3 Å². The highest BCUT2D eigenvalue weighted by molar-refractivity contribution is 6.12. The molecule has 0 atom stereocenters. The quantitative estimate of drug-likeness (QED) is 0.462. The number of benzene rings is 2. The topological polar surface area (TPSA) is 80.0 Å². The molecule has 0 aromatic heterocycles. The zero-order valence-corrected chi connectivity index (χ0v) is 16.6. The van der Waals surface area contributed by atoms with Crippen molar-refractivity contribution in [2.24, 2.45) is 5.92 Å². The van der Waals surface area contributed by atoms with Gasteiger partial charge in [-0.1, -0.05) is 13.8 Å². The number of anilines is 1. The zero-order valence-electron chi connectivity index (χ0n) is 16.6. The van der Waals surface area contributed by atoms with Crippen LogP contribution in [0.3, 0.4) is 0 Å². The maximum absolute atomic E-state index is 13.2. The Balaban J connectivity index is 2.04. The summed E-state index contributed by atoms with van der Waals surface area (Å²) in [6.45, 7) is 4.90. The summed E-state index contributed by atoms with van der Waals surface area (Å²) in [4.78, 5) is 13.2. The number of Topliss-reactive ketones (excluding diaryl/α,β-unsaturated/α-hetero) is 1. The Labute approximate surface area is 164 Å². The van der Waals surface area contributed by atoms with Crippen LogP contribution in [0.15, 0.2) is 35.9 Å². The smallest absolute Gasteiger partial charge is 0.204 e. The van der Waals surface area contributed by atoms with Gasteiger partial charge < -0.3 is 24.7 Å². The first-order valence-electron chi connectivity index (χ1n) is 9.12. The third-order valence-corrected chi connectivity index (χ3v) is 4.58. The number of hydrogen-bond acceptors (Lipinski definition) is 6. The fraction of sp³-hybridized carbons (Fsp3) is 0.318. The van der Waals surface area contributed by atoms with Gasteiger partial charge in [0.15, 0.2) is 17.3 Å². The first kappa shape index (κ1) is 19.6. The molecule has 6 heteroatoms. The summed E-state index contributed by atoms with van der Waals surface area (Å²) < 4.78 is 22.1. The Hall–Kier alpha value is -3.15. The van der Waals surface area contributed by atoms with Gasteiger partial charge in [0.25, 0.3) is 0 Å². The molecular formula is C22H25NO5. The van der Waals surface area contributed by atoms with E-state index in [0.717, 1.165) is 5.56 Å². The second-order valence-electron chi connectivity index (χ2n) is 6.75. The third kappa shape index (κ3) is 3.76. The Morgan fingerprint density at radius 3 is 2.50 bits per heavy atom. The number of nitrogen functional groups attached to an aromatic ring is 1. The van der Waals surface area contributed by atoms with E-state index in [0.29, 0.717) is 53.0 Å². The Kier molecular flexibility index (Phi) is 5.78. The van der Waals surface area contributed by atoms with Crippen molar-refractivity contribution in [3.8, 4) is 23.0 Å². The number of allylic oxidation sites excluding steroid dienone is 1. The lowest BCUT2D eigenvalue weighted by Gasteiger charge is -2.22. The van der Waals surface area contributed by atoms with E-state index >= 15 is 0 Å². The fourth-order valence-corrected chi connectivity index (χ4v) is 3.13. The summed E-state index contributed by atoms with van der Waals surface area (Å²) in [5, 5.41) is 0. The molecule has 0 bridgehead atoms. The molecule has 2 aromatic carbocycles. The molecule has 1 aliphatic heterocycles. The Morgan fingerprint density at radius 2 is 1.86 bits per heavy atom. The highest BCUT2D eigenvalue weighted by Crippen LogP contribution is 2.43. The predicted molar refractivity (Wildman–Crippen MR) is 109 cm³/mol. The molecule has 0 aliphatic carbocycles. The molecule has 6 nitrogen and oxygen atoms in total. The summed E-state index contributed by atoms with van der Waals surface area (Å²) in [5.74, 6) is 2.19. The van der Waals surface area contributed by atoms with Gasteiger partial charge in [-0.2, -0.15) is 0 Å². The average Bonchev–Trinajstić information content (AvgIpc) is 2.70. The van der Waals surface area contributed by atoms with Gasteiger partial charge in [-0.15, -0.1) is 0 Å². The molecule has 1 aliphatic rings. The van der Waals surface area contributed by atoms with Crippen LogP contribution in [0.5, 0.6) is 23.0 Å². The van der Waals surface area contributed by atoms with Gasteiger partial charge >= 0.3 is 0 Å². The van der Waals surface area contributed by atoms with Gasteiger partial charge in [0.1, 0.15) is 19.0 Å². The maximum Gasteiger partial charge on any atom is 0.204 e. The molecule has 0 unspecified atom stereocenters. The number of nitrogens with two attached hydrogens (primary N) is 1. The molecule has 0 fully saturated rings. The van der Waals surface area contributed by atoms with Crippen molar-refractivity contribution in [1.29, 1.82) is 0 Å². The van der Waals surface area contributed by atoms with E-state index in [2.05, 4.69) is 0 Å². The van der Waals surface area contributed by atoms with E-state index in [-0.39, 0.29) is 11.7 Å². The molecular weight excluding hydrogens is 358 g/mol. The third-order valence-electron chi connectivity index (χ3n) is 4.58. The number of carbonyl (C=O) groups excluding carboxylic acids is 1. The molecule has 2 aromatic rings. The summed E-state index contributed by atoms with van der Waals surface area (Å²) in [6.07, 6.45) is 1.84. The van der Waals surface area contributed by atoms with Crippen molar-refractivity contribution in [3.05, 3.63) is 47.0 Å². The largest absolute Gasteiger partial charge is 0.495 e. The first-order chi connectivity index (χ1) is 13.5. The lowest BCUT2D eigenvalue weighted by Crippen LogP contribution is -2.16. The van der Waals surface area contributed by atoms with Crippen molar-refractivity contribution < 1.29 is 23.7 Å². The Bertz CT molecular complexity index is 917. The standard InChI is InChI=1S/C22H25NO5/c1-13(2)16(20(24)14-5-7-18(25-3)17(23)12-14)11-15-6-8-19-22(21(15)26-4)28-10-9-27-19/h5-8,11-13H,9-10,23H2,1-4H3/b16-11+. The molecule has 0 radical (unpaired) electrons. The minimum absolute atomic E-state index is 0.00580. The summed E-state index contributed by atoms with van der Waals surface area (Å²) in [7, 11) is 3.12. The van der Waals surface area contributed by atoms with Gasteiger partial charge in [-0.3, -0.25) is 4.79 Å². The SMILES string of the molecule is COc1ccc(C(=O)/C(=C/c2ccc3c(c2OC)OCCO3)C(C)C)cc1N. The molecule has 0 saturated heterocycles. The van der Waals surface area contributed by atoms with Crippen LogP contribution in [0.25, 0.3) is 6.08 Å². The minimum atomic E-state index is -0.0960. The molecule has 1 heterocycles. The van der Waals surface area contributed by atoms with E-state index in [9.17, 15) is 4.79 Å². The van der Waals surface area contributed by atoms with Crippen LogP contribution >= 0.6 is 0 Å². The van der Waals surface area contributed by atoms with Crippen molar-refractivity contribution in [2.75, 3.05) is 33.2 Å². The molecule has 0 spiro atoms. The minimum Gasteiger partial charge on any atom is -0.495 e. The zero-order chi connectivity index (χ0) is 20.3. The second-order valence-corrected chi connectivity index (χ2v) is 6.75. The number of ketones is 1. The molecule has 0 amide bonds. The normalized spacial score (nSPS) is 13.4. The van der Waals surface area contributed by atoms with Gasteiger partial charge in [0.2, 0.25) is 5.75 Å². The first-order valence-corrected chi connectivity index (χ1v) is 9.12. The van der Waals surface area contributed by atoms with E-state index in [1.807, 2.05) is 32.1 Å². The van der Waals surface area contributed by atoms with Gasteiger partial charge in [0.05, 0.1) is 19.9 Å². The number of carbonyl (C=O) groups is 1. The molecule has 3 rings (SSSR count). The number of hydrogen-bond donors (Lipinski definition) is 1. The lowest BCUT2D eigenvalue weighted by molar-refractivity contribution is 0.102. The van der Waals surface area contributed by atoms with Crippen LogP contribution in [0.1, 0.15) is 29.8 Å². The summed E-state index contributed by atoms with van der Waals surface area (Å²) in [5.41, 5.74) is 8.30. The monoisotopic (exact) mass is 383 g/mol. The predicted octanol–water partition coefficient (Wildman–Crippen LogP) is 3.98. The molecule has 148 valence electrons. The van der Waals surface area contributed by atoms with Crippen LogP contribution in [-0.4, -0.2) is 33.2 Å². The lowest BCUT2D eigenvalue weighted by atomic mass is 9.92. The van der Waals surface area contributed by atoms with Crippen LogP contribution in [-0.2, 0) is 0 Å². The van der Waals surface area contributed by atoms with Gasteiger partial charge in [-0.25, -0.2) is 0 Å². The Morgan fingerprint density at radius 1 is 1.11 bits per heavy atom. The highest BCUT2D eigenvalue weighted by atomic mass is 16.6. The van der Waals surface area contributed by atoms with E-state index in [1.165, 1.54) is 0 Å². The number of ether oxygens (including phenoxy) is 4. The van der Waals surface area contributed by atoms with E-state index < -0.39 is 0 Å². The number of rotatable bonds is 6. The van der Waals surface area contributed by atoms with E-state index in [4.69, 9.17) is 24.7 Å². The molecule has 2 N–H and O–H groups in total. The highest BCUT2D eigenvalue weighted by Gasteiger charge is 2.22. The van der Waals surface area contributed by atoms with E-state index in [1.54, 1.807) is 32.4 Å². The summed E-state index contributed by atoms with van der Waals surface area (Å²) >= 11 is 0. The van der Waals surface area contributed by atoms with Crippen LogP contribution in [0, 0.1) is 5.92 Å². The van der Waals surface area contributed by atoms with Crippen LogP contribution in [0.2, 0.25) is 0 Å². The molecule has 0 saturated carbocycles. The number of fused-ring (bicyclic) bond motifs is 1.